The topological polar surface area (TPSA) is 85.4 Å². The van der Waals surface area contributed by atoms with Crippen molar-refractivity contribution in [2.75, 3.05) is 27.2 Å². The molecule has 1 heterocycles. The predicted molar refractivity (Wildman–Crippen MR) is 187 cm³/mol. The molecule has 0 saturated heterocycles. The van der Waals surface area contributed by atoms with Crippen molar-refractivity contribution in [3.63, 3.8) is 0 Å². The van der Waals surface area contributed by atoms with Crippen LogP contribution in [-0.2, 0) is 25.7 Å². The smallest absolute Gasteiger partial charge is 0.255 e. The maximum absolute atomic E-state index is 13.5. The van der Waals surface area contributed by atoms with E-state index in [2.05, 4.69) is 79.0 Å². The molecule has 0 aliphatic heterocycles. The van der Waals surface area contributed by atoms with Gasteiger partial charge in [0, 0.05) is 53.4 Å². The highest BCUT2D eigenvalue weighted by Gasteiger charge is 2.59. The van der Waals surface area contributed by atoms with E-state index in [1.165, 1.54) is 29.4 Å². The second-order valence-electron chi connectivity index (χ2n) is 14.8. The molecular formula is C41H44N3O3+. The SMILES string of the molecule is C[N+](C)(CC1CC1)[C@@H]1Cc2ccc(C(=O)NCCc3ccc(-c4ccccc4)cc3)c(O)c2C2Cc3[nH]c4ccccc4c3C[C@]21O. The van der Waals surface area contributed by atoms with Gasteiger partial charge in [0.05, 0.1) is 26.2 Å². The summed E-state index contributed by atoms with van der Waals surface area (Å²) in [4.78, 5) is 17.2. The Morgan fingerprint density at radius 3 is 2.40 bits per heavy atom. The maximum Gasteiger partial charge on any atom is 0.255 e. The summed E-state index contributed by atoms with van der Waals surface area (Å²) in [6.07, 6.45) is 4.98. The number of carbonyl (C=O) groups excluding carboxylic acids is 1. The molecule has 6 heteroatoms. The first kappa shape index (κ1) is 30.0. The number of para-hydroxylation sites is 1. The fraction of sp³-hybridized carbons (Fsp3) is 0.341. The van der Waals surface area contributed by atoms with E-state index < -0.39 is 5.60 Å². The van der Waals surface area contributed by atoms with Gasteiger partial charge < -0.3 is 25.0 Å². The molecule has 240 valence electrons. The Morgan fingerprint density at radius 1 is 0.915 bits per heavy atom. The lowest BCUT2D eigenvalue weighted by molar-refractivity contribution is -0.924. The molecule has 0 radical (unpaired) electrons. The number of phenols is 1. The minimum Gasteiger partial charge on any atom is -0.507 e. The number of aliphatic hydroxyl groups is 1. The molecule has 3 aliphatic carbocycles. The summed E-state index contributed by atoms with van der Waals surface area (Å²) in [5.41, 5.74) is 7.85. The van der Waals surface area contributed by atoms with Crippen LogP contribution in [0.15, 0.2) is 91.0 Å². The van der Waals surface area contributed by atoms with Gasteiger partial charge in [0.25, 0.3) is 5.91 Å². The molecule has 3 aliphatic rings. The molecule has 1 aromatic heterocycles. The molecule has 47 heavy (non-hydrogen) atoms. The van der Waals surface area contributed by atoms with E-state index in [-0.39, 0.29) is 29.2 Å². The second kappa shape index (κ2) is 11.4. The van der Waals surface area contributed by atoms with E-state index in [9.17, 15) is 15.0 Å². The molecule has 4 N–H and O–H groups in total. The van der Waals surface area contributed by atoms with Gasteiger partial charge in [0.15, 0.2) is 0 Å². The maximum atomic E-state index is 13.5. The van der Waals surface area contributed by atoms with Crippen molar-refractivity contribution in [3.05, 3.63) is 125 Å². The minimum absolute atomic E-state index is 0.0150. The number of H-pyrrole nitrogens is 1. The van der Waals surface area contributed by atoms with Crippen molar-refractivity contribution < 1.29 is 19.5 Å². The number of carbonyl (C=O) groups is 1. The summed E-state index contributed by atoms with van der Waals surface area (Å²) in [5, 5.41) is 29.0. The summed E-state index contributed by atoms with van der Waals surface area (Å²) >= 11 is 0. The second-order valence-corrected chi connectivity index (χ2v) is 14.8. The number of benzene rings is 4. The van der Waals surface area contributed by atoms with Crippen molar-refractivity contribution in [1.82, 2.24) is 10.3 Å². The zero-order valence-electron chi connectivity index (χ0n) is 27.3. The fourth-order valence-electron chi connectivity index (χ4n) is 8.76. The van der Waals surface area contributed by atoms with Gasteiger partial charge in [-0.2, -0.15) is 0 Å². The van der Waals surface area contributed by atoms with Crippen LogP contribution < -0.4 is 5.32 Å². The predicted octanol–water partition coefficient (Wildman–Crippen LogP) is 6.54. The Kier molecular flexibility index (Phi) is 7.27. The van der Waals surface area contributed by atoms with E-state index in [0.29, 0.717) is 38.1 Å². The molecule has 1 unspecified atom stereocenters. The van der Waals surface area contributed by atoms with Crippen LogP contribution in [0.2, 0.25) is 0 Å². The van der Waals surface area contributed by atoms with Crippen LogP contribution in [0.5, 0.6) is 5.75 Å². The fourth-order valence-corrected chi connectivity index (χ4v) is 8.76. The Bertz CT molecular complexity index is 1960. The number of nitrogens with zero attached hydrogens (tertiary/aromatic N) is 1. The number of quaternary nitrogens is 1. The molecule has 8 rings (SSSR count). The Morgan fingerprint density at radius 2 is 1.64 bits per heavy atom. The highest BCUT2D eigenvalue weighted by molar-refractivity contribution is 5.97. The average Bonchev–Trinajstić information content (AvgIpc) is 3.81. The molecule has 4 aromatic carbocycles. The number of aromatic nitrogens is 1. The largest absolute Gasteiger partial charge is 0.507 e. The van der Waals surface area contributed by atoms with Crippen LogP contribution in [-0.4, -0.2) is 64.4 Å². The Labute approximate surface area is 276 Å². The first-order chi connectivity index (χ1) is 22.7. The van der Waals surface area contributed by atoms with Crippen molar-refractivity contribution in [1.29, 1.82) is 0 Å². The van der Waals surface area contributed by atoms with Crippen molar-refractivity contribution in [2.45, 2.75) is 56.1 Å². The van der Waals surface area contributed by atoms with Crippen molar-refractivity contribution in [3.8, 4) is 16.9 Å². The molecule has 1 fully saturated rings. The monoisotopic (exact) mass is 626 g/mol. The van der Waals surface area contributed by atoms with Gasteiger partial charge in [-0.1, -0.05) is 78.9 Å². The first-order valence-corrected chi connectivity index (χ1v) is 17.1. The number of hydrogen-bond acceptors (Lipinski definition) is 3. The Hall–Kier alpha value is -4.39. The summed E-state index contributed by atoms with van der Waals surface area (Å²) in [5.74, 6) is 0.108. The zero-order valence-corrected chi connectivity index (χ0v) is 27.3. The van der Waals surface area contributed by atoms with Gasteiger partial charge in [-0.3, -0.25) is 4.79 Å². The number of phenolic OH excluding ortho intramolecular Hbond substituents is 1. The third kappa shape index (κ3) is 5.34. The lowest BCUT2D eigenvalue weighted by Gasteiger charge is -2.54. The zero-order chi connectivity index (χ0) is 32.3. The summed E-state index contributed by atoms with van der Waals surface area (Å²) in [7, 11) is 4.54. The first-order valence-electron chi connectivity index (χ1n) is 17.1. The standard InChI is InChI=1S/C41H43N3O3/c1-44(2,25-27-12-13-27)37-22-30-18-19-32(40(46)42-21-20-26-14-16-29(17-15-26)28-8-4-3-5-9-28)39(45)38(30)34-23-36-33(24-41(34,37)47)31-10-6-7-11-35(31)43-36/h3-11,14-19,27,34,37,43,47H,12-13,20-25H2,1-2H3,(H-,42,45,46)/p+1/t34?,37-,41+/m1/s1. The van der Waals surface area contributed by atoms with Crippen LogP contribution in [0.4, 0.5) is 0 Å². The highest BCUT2D eigenvalue weighted by Crippen LogP contribution is 2.53. The summed E-state index contributed by atoms with van der Waals surface area (Å²) in [6.45, 7) is 1.50. The van der Waals surface area contributed by atoms with Crippen LogP contribution in [0.1, 0.15) is 57.1 Å². The number of amides is 1. The van der Waals surface area contributed by atoms with Gasteiger partial charge in [-0.25, -0.2) is 0 Å². The van der Waals surface area contributed by atoms with Crippen LogP contribution in [0.3, 0.4) is 0 Å². The van der Waals surface area contributed by atoms with Crippen LogP contribution in [0.25, 0.3) is 22.0 Å². The molecule has 0 bridgehead atoms. The number of aromatic hydroxyl groups is 1. The van der Waals surface area contributed by atoms with Gasteiger partial charge in [0.2, 0.25) is 0 Å². The van der Waals surface area contributed by atoms with Gasteiger partial charge in [-0.15, -0.1) is 0 Å². The van der Waals surface area contributed by atoms with Gasteiger partial charge in [0.1, 0.15) is 17.4 Å². The van der Waals surface area contributed by atoms with E-state index in [1.807, 2.05) is 30.3 Å². The number of aromatic amines is 1. The van der Waals surface area contributed by atoms with E-state index in [4.69, 9.17) is 0 Å². The van der Waals surface area contributed by atoms with Gasteiger partial charge >= 0.3 is 0 Å². The number of likely N-dealkylation sites (N-methyl/N-ethyl adjacent to an activating group) is 1. The third-order valence-corrected chi connectivity index (χ3v) is 11.3. The summed E-state index contributed by atoms with van der Waals surface area (Å²) in [6, 6.07) is 30.8. The molecule has 5 aromatic rings. The van der Waals surface area contributed by atoms with Crippen LogP contribution >= 0.6 is 0 Å². The van der Waals surface area contributed by atoms with E-state index in [0.717, 1.165) is 44.5 Å². The number of rotatable bonds is 8. The number of nitrogens with one attached hydrogen (secondary N) is 2. The lowest BCUT2D eigenvalue weighted by Crippen LogP contribution is -2.67. The molecular weight excluding hydrogens is 582 g/mol. The molecule has 1 amide bonds. The minimum atomic E-state index is -1.07. The lowest BCUT2D eigenvalue weighted by atomic mass is 9.60. The highest BCUT2D eigenvalue weighted by atomic mass is 16.3. The van der Waals surface area contributed by atoms with E-state index in [1.54, 1.807) is 6.07 Å². The molecule has 1 saturated carbocycles. The average molecular weight is 627 g/mol. The van der Waals surface area contributed by atoms with Crippen LogP contribution in [0, 0.1) is 5.92 Å². The normalized spacial score (nSPS) is 21.9. The quantitative estimate of drug-likeness (QED) is 0.148. The van der Waals surface area contributed by atoms with E-state index >= 15 is 0 Å². The molecule has 0 spiro atoms. The van der Waals surface area contributed by atoms with Crippen molar-refractivity contribution in [2.24, 2.45) is 5.92 Å². The Balaban J connectivity index is 1.07. The van der Waals surface area contributed by atoms with Crippen molar-refractivity contribution >= 4 is 16.8 Å². The molecule has 3 atom stereocenters. The molecule has 6 nitrogen and oxygen atoms in total. The number of fused-ring (bicyclic) bond motifs is 6. The summed E-state index contributed by atoms with van der Waals surface area (Å²) < 4.78 is 0.740. The third-order valence-electron chi connectivity index (χ3n) is 11.3. The number of hydrogen-bond donors (Lipinski definition) is 4. The van der Waals surface area contributed by atoms with Gasteiger partial charge in [-0.05, 0) is 65.6 Å².